The minimum Gasteiger partial charge on any atom is -0.352 e. The molecule has 4 saturated carbocycles. The van der Waals surface area contributed by atoms with Crippen molar-refractivity contribution >= 4 is 29.3 Å². The Labute approximate surface area is 166 Å². The molecule has 27 heavy (non-hydrogen) atoms. The molecule has 0 heterocycles. The van der Waals surface area contributed by atoms with Gasteiger partial charge in [0.15, 0.2) is 0 Å². The van der Waals surface area contributed by atoms with Crippen LogP contribution >= 0.6 is 11.8 Å². The number of carbonyl (C=O) groups is 2. The maximum absolute atomic E-state index is 12.5. The molecule has 2 N–H and O–H groups in total. The number of thioether (sulfide) groups is 1. The third-order valence-corrected chi connectivity index (χ3v) is 7.94. The van der Waals surface area contributed by atoms with Gasteiger partial charge in [0.1, 0.15) is 0 Å². The zero-order valence-electron chi connectivity index (χ0n) is 16.3. The van der Waals surface area contributed by atoms with Crippen molar-refractivity contribution in [1.82, 2.24) is 5.32 Å². The van der Waals surface area contributed by atoms with Crippen molar-refractivity contribution < 1.29 is 9.59 Å². The third kappa shape index (κ3) is 4.18. The summed E-state index contributed by atoms with van der Waals surface area (Å²) in [5.41, 5.74) is 1.14. The molecule has 5 rings (SSSR count). The standard InChI is InChI=1S/C22H30N2O2S/c1-14(22-10-16-7-17(11-22)9-18(8-16)12-22)23-21(26)13-27-20-5-3-19(4-6-20)24-15(2)25/h3-6,14,16-18H,7-13H2,1-2H3,(H,23,26)(H,24,25). The molecule has 1 atom stereocenters. The summed E-state index contributed by atoms with van der Waals surface area (Å²) in [6.45, 7) is 3.73. The van der Waals surface area contributed by atoms with Gasteiger partial charge in [0.2, 0.25) is 11.8 Å². The summed E-state index contributed by atoms with van der Waals surface area (Å²) in [6, 6.07) is 7.93. The van der Waals surface area contributed by atoms with Crippen LogP contribution < -0.4 is 10.6 Å². The zero-order chi connectivity index (χ0) is 19.0. The third-order valence-electron chi connectivity index (χ3n) is 6.93. The summed E-state index contributed by atoms with van der Waals surface area (Å²) in [4.78, 5) is 24.7. The number of nitrogens with one attached hydrogen (secondary N) is 2. The Morgan fingerprint density at radius 1 is 1.07 bits per heavy atom. The van der Waals surface area contributed by atoms with Crippen LogP contribution in [0, 0.1) is 23.2 Å². The smallest absolute Gasteiger partial charge is 0.230 e. The van der Waals surface area contributed by atoms with E-state index < -0.39 is 0 Å². The van der Waals surface area contributed by atoms with Gasteiger partial charge >= 0.3 is 0 Å². The predicted molar refractivity (Wildman–Crippen MR) is 110 cm³/mol. The highest BCUT2D eigenvalue weighted by Crippen LogP contribution is 2.61. The Morgan fingerprint density at radius 2 is 1.63 bits per heavy atom. The molecule has 4 nitrogen and oxygen atoms in total. The van der Waals surface area contributed by atoms with Crippen LogP contribution in [0.1, 0.15) is 52.4 Å². The van der Waals surface area contributed by atoms with Crippen LogP contribution in [-0.2, 0) is 9.59 Å². The fraction of sp³-hybridized carbons (Fsp3) is 0.636. The molecule has 0 saturated heterocycles. The van der Waals surface area contributed by atoms with Crippen molar-refractivity contribution in [3.8, 4) is 0 Å². The highest BCUT2D eigenvalue weighted by molar-refractivity contribution is 8.00. The van der Waals surface area contributed by atoms with Crippen LogP contribution in [0.5, 0.6) is 0 Å². The van der Waals surface area contributed by atoms with Gasteiger partial charge in [0.25, 0.3) is 0 Å². The van der Waals surface area contributed by atoms with Gasteiger partial charge in [-0.2, -0.15) is 0 Å². The van der Waals surface area contributed by atoms with Crippen molar-refractivity contribution in [3.05, 3.63) is 24.3 Å². The topological polar surface area (TPSA) is 58.2 Å². The van der Waals surface area contributed by atoms with Gasteiger partial charge in [-0.15, -0.1) is 11.8 Å². The molecule has 0 aromatic heterocycles. The van der Waals surface area contributed by atoms with Gasteiger partial charge in [-0.25, -0.2) is 0 Å². The maximum atomic E-state index is 12.5. The van der Waals surface area contributed by atoms with E-state index in [0.29, 0.717) is 11.2 Å². The van der Waals surface area contributed by atoms with E-state index in [0.717, 1.165) is 28.3 Å². The first-order valence-electron chi connectivity index (χ1n) is 10.2. The molecule has 4 fully saturated rings. The molecule has 0 spiro atoms. The van der Waals surface area contributed by atoms with E-state index in [1.807, 2.05) is 24.3 Å². The van der Waals surface area contributed by atoms with Crippen LogP contribution in [0.3, 0.4) is 0 Å². The minimum atomic E-state index is -0.0755. The van der Waals surface area contributed by atoms with Crippen LogP contribution in [0.15, 0.2) is 29.2 Å². The average molecular weight is 387 g/mol. The van der Waals surface area contributed by atoms with Gasteiger partial charge in [0.05, 0.1) is 5.75 Å². The lowest BCUT2D eigenvalue weighted by Crippen LogP contribution is -2.56. The zero-order valence-corrected chi connectivity index (χ0v) is 17.1. The quantitative estimate of drug-likeness (QED) is 0.710. The molecular weight excluding hydrogens is 356 g/mol. The summed E-state index contributed by atoms with van der Waals surface area (Å²) >= 11 is 1.55. The van der Waals surface area contributed by atoms with E-state index in [9.17, 15) is 9.59 Å². The lowest BCUT2D eigenvalue weighted by atomic mass is 9.48. The summed E-state index contributed by atoms with van der Waals surface area (Å²) in [6.07, 6.45) is 8.26. The van der Waals surface area contributed by atoms with Crippen molar-refractivity contribution in [2.45, 2.75) is 63.3 Å². The number of rotatable bonds is 6. The molecule has 4 bridgehead atoms. The molecule has 146 valence electrons. The number of anilines is 1. The van der Waals surface area contributed by atoms with E-state index in [-0.39, 0.29) is 17.9 Å². The van der Waals surface area contributed by atoms with Crippen LogP contribution in [0.25, 0.3) is 0 Å². The van der Waals surface area contributed by atoms with Crippen LogP contribution in [-0.4, -0.2) is 23.6 Å². The Hall–Kier alpha value is -1.49. The molecular formula is C22H30N2O2S. The Morgan fingerprint density at radius 3 is 2.15 bits per heavy atom. The Bertz CT molecular complexity index is 680. The van der Waals surface area contributed by atoms with E-state index >= 15 is 0 Å². The number of benzene rings is 1. The van der Waals surface area contributed by atoms with Gasteiger partial charge < -0.3 is 10.6 Å². The van der Waals surface area contributed by atoms with Crippen molar-refractivity contribution in [1.29, 1.82) is 0 Å². The first kappa shape index (κ1) is 18.9. The second-order valence-corrected chi connectivity index (χ2v) is 10.1. The SMILES string of the molecule is CC(=O)Nc1ccc(SCC(=O)NC(C)C23CC4CC(CC(C4)C2)C3)cc1. The lowest BCUT2D eigenvalue weighted by Gasteiger charge is -2.59. The average Bonchev–Trinajstić information content (AvgIpc) is 2.59. The number of hydrogen-bond acceptors (Lipinski definition) is 3. The fourth-order valence-electron chi connectivity index (χ4n) is 6.13. The summed E-state index contributed by atoms with van der Waals surface area (Å²) < 4.78 is 0. The lowest BCUT2D eigenvalue weighted by molar-refractivity contribution is -0.123. The first-order valence-corrected chi connectivity index (χ1v) is 11.2. The Kier molecular flexibility index (Phi) is 5.23. The van der Waals surface area contributed by atoms with E-state index in [1.165, 1.54) is 45.4 Å². The summed E-state index contributed by atoms with van der Waals surface area (Å²) in [5, 5.41) is 6.09. The van der Waals surface area contributed by atoms with Gasteiger partial charge in [0, 0.05) is 23.5 Å². The maximum Gasteiger partial charge on any atom is 0.230 e. The summed E-state index contributed by atoms with van der Waals surface area (Å²) in [5.74, 6) is 3.23. The highest BCUT2D eigenvalue weighted by atomic mass is 32.2. The van der Waals surface area contributed by atoms with Crippen LogP contribution in [0.4, 0.5) is 5.69 Å². The number of carbonyl (C=O) groups excluding carboxylic acids is 2. The van der Waals surface area contributed by atoms with Crippen molar-refractivity contribution in [3.63, 3.8) is 0 Å². The fourth-order valence-corrected chi connectivity index (χ4v) is 6.84. The number of hydrogen-bond donors (Lipinski definition) is 2. The molecule has 2 amide bonds. The second kappa shape index (κ2) is 7.50. The van der Waals surface area contributed by atoms with E-state index in [1.54, 1.807) is 11.8 Å². The van der Waals surface area contributed by atoms with E-state index in [2.05, 4.69) is 17.6 Å². The van der Waals surface area contributed by atoms with E-state index in [4.69, 9.17) is 0 Å². The van der Waals surface area contributed by atoms with Crippen molar-refractivity contribution in [2.24, 2.45) is 23.2 Å². The molecule has 1 aromatic rings. The second-order valence-electron chi connectivity index (χ2n) is 9.06. The van der Waals surface area contributed by atoms with Crippen LogP contribution in [0.2, 0.25) is 0 Å². The normalized spacial score (nSPS) is 32.1. The minimum absolute atomic E-state index is 0.0755. The molecule has 0 radical (unpaired) electrons. The highest BCUT2D eigenvalue weighted by Gasteiger charge is 2.53. The monoisotopic (exact) mass is 386 g/mol. The predicted octanol–water partition coefficient (Wildman–Crippen LogP) is 4.46. The Balaban J connectivity index is 1.29. The molecule has 4 aliphatic rings. The summed E-state index contributed by atoms with van der Waals surface area (Å²) in [7, 11) is 0. The molecule has 4 aliphatic carbocycles. The molecule has 1 unspecified atom stereocenters. The van der Waals surface area contributed by atoms with Gasteiger partial charge in [-0.05, 0) is 92.9 Å². The first-order chi connectivity index (χ1) is 12.9. The molecule has 1 aromatic carbocycles. The molecule has 0 aliphatic heterocycles. The molecule has 5 heteroatoms. The van der Waals surface area contributed by atoms with Gasteiger partial charge in [-0.3, -0.25) is 9.59 Å². The number of amides is 2. The van der Waals surface area contributed by atoms with Gasteiger partial charge in [-0.1, -0.05) is 0 Å². The van der Waals surface area contributed by atoms with Crippen molar-refractivity contribution in [2.75, 3.05) is 11.1 Å². The largest absolute Gasteiger partial charge is 0.352 e.